The van der Waals surface area contributed by atoms with Gasteiger partial charge < -0.3 is 5.32 Å². The van der Waals surface area contributed by atoms with Gasteiger partial charge in [-0.05, 0) is 24.2 Å². The molecule has 0 saturated carbocycles. The summed E-state index contributed by atoms with van der Waals surface area (Å²) in [7, 11) is 0. The molecule has 3 amide bonds. The van der Waals surface area contributed by atoms with Gasteiger partial charge in [0.15, 0.2) is 0 Å². The second kappa shape index (κ2) is 7.48. The fourth-order valence-corrected chi connectivity index (χ4v) is 2.63. The molecule has 1 aliphatic heterocycles. The Hall–Kier alpha value is -1.10. The van der Waals surface area contributed by atoms with Gasteiger partial charge in [-0.1, -0.05) is 27.7 Å². The molecule has 1 saturated heterocycles. The number of nitrogens with one attached hydrogen (secondary N) is 2. The molecule has 0 spiro atoms. The SMILES string of the molecule is CC(C)CNC(=O)NC(=O)CN1C[C@H](C)C[C@@H](C)C1. The van der Waals surface area contributed by atoms with Crippen LogP contribution >= 0.6 is 0 Å². The fraction of sp³-hybridized carbons (Fsp3) is 0.857. The van der Waals surface area contributed by atoms with Crippen LogP contribution in [0.15, 0.2) is 0 Å². The lowest BCUT2D eigenvalue weighted by Crippen LogP contribution is -2.48. The predicted octanol–water partition coefficient (Wildman–Crippen LogP) is 1.45. The summed E-state index contributed by atoms with van der Waals surface area (Å²) in [6.07, 6.45) is 1.22. The fourth-order valence-electron chi connectivity index (χ4n) is 2.63. The standard InChI is InChI=1S/C14H27N3O2/c1-10(2)6-15-14(19)16-13(18)9-17-7-11(3)5-12(4)8-17/h10-12H,5-9H2,1-4H3,(H2,15,16,18,19)/t11-,12-/m1/s1. The van der Waals surface area contributed by atoms with E-state index in [2.05, 4.69) is 29.4 Å². The maximum atomic E-state index is 11.8. The van der Waals surface area contributed by atoms with E-state index in [0.29, 0.717) is 30.8 Å². The number of hydrogen-bond donors (Lipinski definition) is 2. The third kappa shape index (κ3) is 6.57. The van der Waals surface area contributed by atoms with Crippen molar-refractivity contribution in [3.63, 3.8) is 0 Å². The Labute approximate surface area is 116 Å². The van der Waals surface area contributed by atoms with Crippen LogP contribution in [0.4, 0.5) is 4.79 Å². The lowest BCUT2D eigenvalue weighted by atomic mass is 9.92. The Morgan fingerprint density at radius 1 is 1.21 bits per heavy atom. The van der Waals surface area contributed by atoms with E-state index in [9.17, 15) is 9.59 Å². The average Bonchev–Trinajstić information content (AvgIpc) is 2.24. The summed E-state index contributed by atoms with van der Waals surface area (Å²) in [6.45, 7) is 11.2. The number of hydrogen-bond acceptors (Lipinski definition) is 3. The summed E-state index contributed by atoms with van der Waals surface area (Å²) < 4.78 is 0. The zero-order chi connectivity index (χ0) is 14.4. The number of rotatable bonds is 4. The molecule has 0 unspecified atom stereocenters. The normalized spacial score (nSPS) is 24.3. The molecular weight excluding hydrogens is 242 g/mol. The second-order valence-electron chi connectivity index (χ2n) is 6.29. The summed E-state index contributed by atoms with van der Waals surface area (Å²) >= 11 is 0. The number of carbonyl (C=O) groups excluding carboxylic acids is 2. The van der Waals surface area contributed by atoms with Crippen LogP contribution in [-0.2, 0) is 4.79 Å². The van der Waals surface area contributed by atoms with Gasteiger partial charge >= 0.3 is 6.03 Å². The molecular formula is C14H27N3O2. The molecule has 0 radical (unpaired) electrons. The highest BCUT2D eigenvalue weighted by molar-refractivity contribution is 5.95. The number of amides is 3. The number of nitrogens with zero attached hydrogens (tertiary/aromatic N) is 1. The largest absolute Gasteiger partial charge is 0.338 e. The molecule has 1 aliphatic rings. The number of carbonyl (C=O) groups is 2. The zero-order valence-corrected chi connectivity index (χ0v) is 12.5. The van der Waals surface area contributed by atoms with E-state index < -0.39 is 6.03 Å². The summed E-state index contributed by atoms with van der Waals surface area (Å²) in [5.41, 5.74) is 0. The first-order valence-corrected chi connectivity index (χ1v) is 7.16. The Balaban J connectivity index is 2.28. The molecule has 0 aromatic rings. The van der Waals surface area contributed by atoms with Gasteiger partial charge in [0.2, 0.25) is 5.91 Å². The van der Waals surface area contributed by atoms with Crippen molar-refractivity contribution in [3.8, 4) is 0 Å². The maximum absolute atomic E-state index is 11.8. The van der Waals surface area contributed by atoms with Crippen molar-refractivity contribution in [2.75, 3.05) is 26.2 Å². The van der Waals surface area contributed by atoms with Crippen LogP contribution < -0.4 is 10.6 Å². The minimum atomic E-state index is -0.392. The molecule has 2 atom stereocenters. The molecule has 2 N–H and O–H groups in total. The average molecular weight is 269 g/mol. The van der Waals surface area contributed by atoms with Gasteiger partial charge in [-0.15, -0.1) is 0 Å². The molecule has 1 fully saturated rings. The molecule has 5 heteroatoms. The van der Waals surface area contributed by atoms with Crippen molar-refractivity contribution < 1.29 is 9.59 Å². The van der Waals surface area contributed by atoms with Crippen molar-refractivity contribution in [2.24, 2.45) is 17.8 Å². The molecule has 19 heavy (non-hydrogen) atoms. The lowest BCUT2D eigenvalue weighted by molar-refractivity contribution is -0.121. The van der Waals surface area contributed by atoms with Crippen molar-refractivity contribution >= 4 is 11.9 Å². The van der Waals surface area contributed by atoms with E-state index in [4.69, 9.17) is 0 Å². The number of imide groups is 1. The Kier molecular flexibility index (Phi) is 6.28. The molecule has 0 aromatic carbocycles. The highest BCUT2D eigenvalue weighted by Crippen LogP contribution is 2.20. The highest BCUT2D eigenvalue weighted by atomic mass is 16.2. The first-order chi connectivity index (χ1) is 8.86. The van der Waals surface area contributed by atoms with E-state index in [1.54, 1.807) is 0 Å². The van der Waals surface area contributed by atoms with Gasteiger partial charge in [0.05, 0.1) is 6.54 Å². The van der Waals surface area contributed by atoms with Gasteiger partial charge in [-0.2, -0.15) is 0 Å². The molecule has 1 heterocycles. The van der Waals surface area contributed by atoms with Crippen molar-refractivity contribution in [1.29, 1.82) is 0 Å². The van der Waals surface area contributed by atoms with Crippen LogP contribution in [0.3, 0.4) is 0 Å². The summed E-state index contributed by atoms with van der Waals surface area (Å²) in [6, 6.07) is -0.392. The Morgan fingerprint density at radius 3 is 2.32 bits per heavy atom. The van der Waals surface area contributed by atoms with Crippen LogP contribution in [-0.4, -0.2) is 43.0 Å². The third-order valence-electron chi connectivity index (χ3n) is 3.24. The predicted molar refractivity (Wildman–Crippen MR) is 75.8 cm³/mol. The van der Waals surface area contributed by atoms with Gasteiger partial charge in [-0.3, -0.25) is 15.0 Å². The summed E-state index contributed by atoms with van der Waals surface area (Å²) in [4.78, 5) is 25.4. The molecule has 0 aliphatic carbocycles. The van der Waals surface area contributed by atoms with E-state index in [-0.39, 0.29) is 5.91 Å². The number of likely N-dealkylation sites (tertiary alicyclic amines) is 1. The van der Waals surface area contributed by atoms with E-state index in [0.717, 1.165) is 13.1 Å². The minimum Gasteiger partial charge on any atom is -0.338 e. The smallest absolute Gasteiger partial charge is 0.321 e. The van der Waals surface area contributed by atoms with Crippen LogP contribution in [0.25, 0.3) is 0 Å². The lowest BCUT2D eigenvalue weighted by Gasteiger charge is -2.34. The topological polar surface area (TPSA) is 61.4 Å². The monoisotopic (exact) mass is 269 g/mol. The van der Waals surface area contributed by atoms with Crippen molar-refractivity contribution in [3.05, 3.63) is 0 Å². The van der Waals surface area contributed by atoms with Crippen LogP contribution in [0, 0.1) is 17.8 Å². The Bertz CT molecular complexity index is 308. The van der Waals surface area contributed by atoms with Crippen LogP contribution in [0.2, 0.25) is 0 Å². The Morgan fingerprint density at radius 2 is 1.79 bits per heavy atom. The van der Waals surface area contributed by atoms with Gasteiger partial charge in [0, 0.05) is 19.6 Å². The van der Waals surface area contributed by atoms with Gasteiger partial charge in [-0.25, -0.2) is 4.79 Å². The molecule has 110 valence electrons. The van der Waals surface area contributed by atoms with E-state index in [1.165, 1.54) is 6.42 Å². The van der Waals surface area contributed by atoms with Crippen molar-refractivity contribution in [1.82, 2.24) is 15.5 Å². The van der Waals surface area contributed by atoms with Crippen molar-refractivity contribution in [2.45, 2.75) is 34.1 Å². The first-order valence-electron chi connectivity index (χ1n) is 7.16. The van der Waals surface area contributed by atoms with Crippen LogP contribution in [0.5, 0.6) is 0 Å². The second-order valence-corrected chi connectivity index (χ2v) is 6.29. The summed E-state index contributed by atoms with van der Waals surface area (Å²) in [5.74, 6) is 1.39. The zero-order valence-electron chi connectivity index (χ0n) is 12.5. The minimum absolute atomic E-state index is 0.220. The number of urea groups is 1. The number of piperidine rings is 1. The van der Waals surface area contributed by atoms with Crippen LogP contribution in [0.1, 0.15) is 34.1 Å². The van der Waals surface area contributed by atoms with Gasteiger partial charge in [0.25, 0.3) is 0 Å². The molecule has 0 bridgehead atoms. The quantitative estimate of drug-likeness (QED) is 0.812. The van der Waals surface area contributed by atoms with E-state index >= 15 is 0 Å². The third-order valence-corrected chi connectivity index (χ3v) is 3.24. The van der Waals surface area contributed by atoms with E-state index in [1.807, 2.05) is 13.8 Å². The highest BCUT2D eigenvalue weighted by Gasteiger charge is 2.23. The first kappa shape index (κ1) is 16.0. The molecule has 1 rings (SSSR count). The van der Waals surface area contributed by atoms with Gasteiger partial charge in [0.1, 0.15) is 0 Å². The molecule has 5 nitrogen and oxygen atoms in total. The maximum Gasteiger partial charge on any atom is 0.321 e. The summed E-state index contributed by atoms with van der Waals surface area (Å²) in [5, 5.41) is 5.06. The molecule has 0 aromatic heterocycles.